The quantitative estimate of drug-likeness (QED) is 0.735. The number of hydrogen-bond donors (Lipinski definition) is 2. The lowest BCUT2D eigenvalue weighted by molar-refractivity contribution is 0.123. The third kappa shape index (κ3) is 2.65. The van der Waals surface area contributed by atoms with Gasteiger partial charge in [0.15, 0.2) is 10.8 Å². The van der Waals surface area contributed by atoms with Crippen molar-refractivity contribution in [3.63, 3.8) is 0 Å². The first-order valence-corrected chi connectivity index (χ1v) is 9.74. The van der Waals surface area contributed by atoms with Gasteiger partial charge >= 0.3 is 0 Å². The van der Waals surface area contributed by atoms with Crippen molar-refractivity contribution < 1.29 is 9.47 Å². The molecule has 5 rings (SSSR count). The summed E-state index contributed by atoms with van der Waals surface area (Å²) in [5.74, 6) is 1.66. The first-order valence-electron chi connectivity index (χ1n) is 8.92. The average Bonchev–Trinajstić information content (AvgIpc) is 3.32. The lowest BCUT2D eigenvalue weighted by Crippen LogP contribution is -2.36. The molecule has 2 aliphatic heterocycles. The highest BCUT2D eigenvalue weighted by Gasteiger charge is 2.22. The summed E-state index contributed by atoms with van der Waals surface area (Å²) < 4.78 is 12.2. The molecule has 1 aromatic carbocycles. The molecule has 0 atom stereocenters. The summed E-state index contributed by atoms with van der Waals surface area (Å²) in [7, 11) is 1.69. The third-order valence-electron chi connectivity index (χ3n) is 4.96. The summed E-state index contributed by atoms with van der Waals surface area (Å²) in [5, 5.41) is 4.29. The van der Waals surface area contributed by atoms with Crippen LogP contribution in [0.4, 0.5) is 5.69 Å². The van der Waals surface area contributed by atoms with E-state index in [0.29, 0.717) is 0 Å². The maximum absolute atomic E-state index is 5.56. The molecule has 0 spiro atoms. The second kappa shape index (κ2) is 6.53. The molecule has 1 saturated heterocycles. The lowest BCUT2D eigenvalue weighted by Gasteiger charge is -2.29. The van der Waals surface area contributed by atoms with Crippen LogP contribution in [0.15, 0.2) is 12.1 Å². The summed E-state index contributed by atoms with van der Waals surface area (Å²) in [6.45, 7) is 5.14. The van der Waals surface area contributed by atoms with E-state index in [9.17, 15) is 0 Å². The van der Waals surface area contributed by atoms with Gasteiger partial charge in [0.2, 0.25) is 0 Å². The number of thiazole rings is 1. The molecule has 0 radical (unpaired) electrons. The molecule has 2 aliphatic rings. The van der Waals surface area contributed by atoms with Crippen molar-refractivity contribution in [3.8, 4) is 16.6 Å². The van der Waals surface area contributed by atoms with E-state index in [-0.39, 0.29) is 0 Å². The molecule has 0 saturated carbocycles. The number of methoxy groups -OCH3 is 1. The molecule has 0 bridgehead atoms. The van der Waals surface area contributed by atoms with E-state index in [1.807, 2.05) is 6.07 Å². The van der Waals surface area contributed by atoms with E-state index < -0.39 is 0 Å². The van der Waals surface area contributed by atoms with E-state index in [4.69, 9.17) is 19.4 Å². The van der Waals surface area contributed by atoms with Crippen LogP contribution in [0.3, 0.4) is 0 Å². The molecule has 7 nitrogen and oxygen atoms in total. The summed E-state index contributed by atoms with van der Waals surface area (Å²) >= 11 is 1.68. The minimum absolute atomic E-state index is 0.761. The van der Waals surface area contributed by atoms with Gasteiger partial charge in [-0.1, -0.05) is 0 Å². The van der Waals surface area contributed by atoms with Crippen LogP contribution in [0, 0.1) is 0 Å². The minimum Gasteiger partial charge on any atom is -0.494 e. The fourth-order valence-corrected chi connectivity index (χ4v) is 4.68. The predicted molar refractivity (Wildman–Crippen MR) is 102 cm³/mol. The zero-order chi connectivity index (χ0) is 17.5. The highest BCUT2D eigenvalue weighted by Crippen LogP contribution is 2.40. The number of hydrogen-bond acceptors (Lipinski definition) is 7. The highest BCUT2D eigenvalue weighted by molar-refractivity contribution is 7.22. The van der Waals surface area contributed by atoms with Gasteiger partial charge in [0.1, 0.15) is 11.3 Å². The summed E-state index contributed by atoms with van der Waals surface area (Å²) in [5.41, 5.74) is 4.43. The average molecular weight is 371 g/mol. The highest BCUT2D eigenvalue weighted by atomic mass is 32.1. The number of H-pyrrole nitrogens is 1. The molecular weight excluding hydrogens is 350 g/mol. The van der Waals surface area contributed by atoms with E-state index in [0.717, 1.165) is 78.3 Å². The van der Waals surface area contributed by atoms with Gasteiger partial charge < -0.3 is 24.7 Å². The van der Waals surface area contributed by atoms with Crippen LogP contribution >= 0.6 is 11.3 Å². The van der Waals surface area contributed by atoms with Crippen molar-refractivity contribution in [1.29, 1.82) is 0 Å². The number of ether oxygens (including phenoxy) is 2. The summed E-state index contributed by atoms with van der Waals surface area (Å²) in [4.78, 5) is 15.5. The molecule has 3 aromatic rings. The number of aromatic nitrogens is 3. The van der Waals surface area contributed by atoms with Crippen LogP contribution < -0.4 is 15.0 Å². The topological polar surface area (TPSA) is 75.3 Å². The molecular formula is C18H21N5O2S. The summed E-state index contributed by atoms with van der Waals surface area (Å²) in [6.07, 6.45) is 0.957. The second-order valence-corrected chi connectivity index (χ2v) is 7.52. The first-order chi connectivity index (χ1) is 12.8. The van der Waals surface area contributed by atoms with Crippen LogP contribution in [-0.4, -0.2) is 54.9 Å². The minimum atomic E-state index is 0.761. The number of anilines is 1. The predicted octanol–water partition coefficient (Wildman–Crippen LogP) is 2.18. The first kappa shape index (κ1) is 16.0. The SMILES string of the molecule is COc1ccc(N2CCOCC2)c2sc(-c3nc4c([nH]3)CNCC4)nc12. The van der Waals surface area contributed by atoms with E-state index in [1.165, 1.54) is 11.4 Å². The fourth-order valence-electron chi connectivity index (χ4n) is 3.61. The van der Waals surface area contributed by atoms with Crippen molar-refractivity contribution in [2.45, 2.75) is 13.0 Å². The zero-order valence-corrected chi connectivity index (χ0v) is 15.5. The van der Waals surface area contributed by atoms with Crippen molar-refractivity contribution >= 4 is 27.2 Å². The molecule has 0 aliphatic carbocycles. The number of fused-ring (bicyclic) bond motifs is 2. The molecule has 0 unspecified atom stereocenters. The lowest BCUT2D eigenvalue weighted by atomic mass is 10.2. The Morgan fingerprint density at radius 1 is 1.23 bits per heavy atom. The van der Waals surface area contributed by atoms with Crippen LogP contribution in [0.25, 0.3) is 21.0 Å². The number of imidazole rings is 1. The fraction of sp³-hybridized carbons (Fsp3) is 0.444. The van der Waals surface area contributed by atoms with Gasteiger partial charge in [-0.15, -0.1) is 11.3 Å². The van der Waals surface area contributed by atoms with Crippen molar-refractivity contribution in [2.24, 2.45) is 0 Å². The van der Waals surface area contributed by atoms with E-state index in [1.54, 1.807) is 18.4 Å². The van der Waals surface area contributed by atoms with E-state index >= 15 is 0 Å². The molecule has 26 heavy (non-hydrogen) atoms. The number of aromatic amines is 1. The molecule has 2 N–H and O–H groups in total. The number of benzene rings is 1. The summed E-state index contributed by atoms with van der Waals surface area (Å²) in [6, 6.07) is 4.14. The Kier molecular flexibility index (Phi) is 4.03. The largest absolute Gasteiger partial charge is 0.494 e. The van der Waals surface area contributed by atoms with Gasteiger partial charge in [0.25, 0.3) is 0 Å². The second-order valence-electron chi connectivity index (χ2n) is 6.52. The Morgan fingerprint density at radius 3 is 2.92 bits per heavy atom. The van der Waals surface area contributed by atoms with Crippen LogP contribution in [0.5, 0.6) is 5.75 Å². The molecule has 0 amide bonds. The van der Waals surface area contributed by atoms with Gasteiger partial charge in [0.05, 0.1) is 42.1 Å². The Balaban J connectivity index is 1.62. The van der Waals surface area contributed by atoms with Crippen molar-refractivity contribution in [2.75, 3.05) is 44.9 Å². The van der Waals surface area contributed by atoms with Gasteiger partial charge in [-0.05, 0) is 12.1 Å². The maximum atomic E-state index is 5.56. The van der Waals surface area contributed by atoms with E-state index in [2.05, 4.69) is 21.3 Å². The standard InChI is InChI=1S/C18H21N5O2S/c1-24-14-3-2-13(23-6-8-25-9-7-23)16-15(14)22-18(26-16)17-20-11-4-5-19-10-12(11)21-17/h2-3,19H,4-10H2,1H3,(H,20,21). The Bertz CT molecular complexity index is 921. The number of nitrogens with one attached hydrogen (secondary N) is 2. The number of morpholine rings is 1. The van der Waals surface area contributed by atoms with Crippen molar-refractivity contribution in [1.82, 2.24) is 20.3 Å². The van der Waals surface area contributed by atoms with Gasteiger partial charge in [-0.25, -0.2) is 9.97 Å². The van der Waals surface area contributed by atoms with Crippen LogP contribution in [-0.2, 0) is 17.7 Å². The Hall–Kier alpha value is -2.16. The van der Waals surface area contributed by atoms with Crippen molar-refractivity contribution in [3.05, 3.63) is 23.5 Å². The smallest absolute Gasteiger partial charge is 0.167 e. The zero-order valence-electron chi connectivity index (χ0n) is 14.7. The van der Waals surface area contributed by atoms with Gasteiger partial charge in [0, 0.05) is 32.6 Å². The Labute approximate surface area is 155 Å². The monoisotopic (exact) mass is 371 g/mol. The normalized spacial score (nSPS) is 17.5. The van der Waals surface area contributed by atoms with Crippen LogP contribution in [0.2, 0.25) is 0 Å². The molecule has 8 heteroatoms. The molecule has 4 heterocycles. The molecule has 1 fully saturated rings. The van der Waals surface area contributed by atoms with Crippen LogP contribution in [0.1, 0.15) is 11.4 Å². The number of rotatable bonds is 3. The van der Waals surface area contributed by atoms with Gasteiger partial charge in [-0.2, -0.15) is 0 Å². The third-order valence-corrected chi connectivity index (χ3v) is 6.05. The van der Waals surface area contributed by atoms with Gasteiger partial charge in [-0.3, -0.25) is 0 Å². The maximum Gasteiger partial charge on any atom is 0.167 e. The number of nitrogens with zero attached hydrogens (tertiary/aromatic N) is 3. The molecule has 136 valence electrons. The Morgan fingerprint density at radius 2 is 2.12 bits per heavy atom. The molecule has 2 aromatic heterocycles.